The van der Waals surface area contributed by atoms with Crippen LogP contribution in [0, 0.1) is 5.82 Å². The van der Waals surface area contributed by atoms with Crippen LogP contribution in [0.25, 0.3) is 0 Å². The fourth-order valence-corrected chi connectivity index (χ4v) is 4.09. The first-order chi connectivity index (χ1) is 13.1. The molecule has 2 aliphatic heterocycles. The zero-order chi connectivity index (χ0) is 18.8. The molecule has 4 rings (SSSR count). The van der Waals surface area contributed by atoms with E-state index in [9.17, 15) is 9.18 Å². The van der Waals surface area contributed by atoms with Gasteiger partial charge in [-0.25, -0.2) is 4.39 Å². The second kappa shape index (κ2) is 7.87. The molecule has 0 saturated carbocycles. The molecule has 0 aliphatic carbocycles. The standard InChI is InChI=1S/C21H22ClFN2O2/c22-18-4-2-1-3-16(18)21(26)25-10-7-15(8-11-25)24-19-9-12-27-20-6-5-14(23)13-17(19)20/h1-6,13,15,19,24H,7-12H2. The Kier molecular flexibility index (Phi) is 5.32. The minimum Gasteiger partial charge on any atom is -0.493 e. The van der Waals surface area contributed by atoms with E-state index < -0.39 is 0 Å². The summed E-state index contributed by atoms with van der Waals surface area (Å²) in [6, 6.07) is 12.2. The average Bonchev–Trinajstić information content (AvgIpc) is 2.69. The molecule has 2 aliphatic rings. The lowest BCUT2D eigenvalue weighted by molar-refractivity contribution is 0.0699. The maximum Gasteiger partial charge on any atom is 0.255 e. The highest BCUT2D eigenvalue weighted by Crippen LogP contribution is 2.33. The van der Waals surface area contributed by atoms with Gasteiger partial charge in [0.15, 0.2) is 0 Å². The normalized spacial score (nSPS) is 20.1. The van der Waals surface area contributed by atoms with Crippen LogP contribution in [0.2, 0.25) is 5.02 Å². The molecule has 142 valence electrons. The summed E-state index contributed by atoms with van der Waals surface area (Å²) in [5.41, 5.74) is 1.44. The highest BCUT2D eigenvalue weighted by Gasteiger charge is 2.28. The summed E-state index contributed by atoms with van der Waals surface area (Å²) in [5, 5.41) is 4.13. The van der Waals surface area contributed by atoms with Crippen LogP contribution in [0.4, 0.5) is 4.39 Å². The number of amides is 1. The molecule has 27 heavy (non-hydrogen) atoms. The van der Waals surface area contributed by atoms with Crippen molar-refractivity contribution in [2.24, 2.45) is 0 Å². The van der Waals surface area contributed by atoms with Gasteiger partial charge >= 0.3 is 0 Å². The van der Waals surface area contributed by atoms with Crippen LogP contribution in [0.3, 0.4) is 0 Å². The number of carbonyl (C=O) groups is 1. The number of hydrogen-bond acceptors (Lipinski definition) is 3. The topological polar surface area (TPSA) is 41.6 Å². The van der Waals surface area contributed by atoms with Gasteiger partial charge in [0, 0.05) is 37.2 Å². The van der Waals surface area contributed by atoms with Crippen LogP contribution in [-0.4, -0.2) is 36.5 Å². The van der Waals surface area contributed by atoms with Gasteiger partial charge in [-0.15, -0.1) is 0 Å². The second-order valence-electron chi connectivity index (χ2n) is 7.08. The Morgan fingerprint density at radius 2 is 1.93 bits per heavy atom. The van der Waals surface area contributed by atoms with E-state index in [-0.39, 0.29) is 17.8 Å². The van der Waals surface area contributed by atoms with Gasteiger partial charge in [-0.1, -0.05) is 23.7 Å². The Morgan fingerprint density at radius 1 is 1.15 bits per heavy atom. The van der Waals surface area contributed by atoms with Crippen LogP contribution >= 0.6 is 11.6 Å². The Balaban J connectivity index is 1.38. The van der Waals surface area contributed by atoms with E-state index in [2.05, 4.69) is 5.32 Å². The van der Waals surface area contributed by atoms with Gasteiger partial charge in [0.2, 0.25) is 0 Å². The van der Waals surface area contributed by atoms with Crippen LogP contribution in [0.15, 0.2) is 42.5 Å². The van der Waals surface area contributed by atoms with Crippen molar-refractivity contribution in [3.8, 4) is 5.75 Å². The minimum atomic E-state index is -0.244. The first-order valence-electron chi connectivity index (χ1n) is 9.34. The molecule has 1 amide bonds. The highest BCUT2D eigenvalue weighted by molar-refractivity contribution is 6.33. The van der Waals surface area contributed by atoms with Crippen molar-refractivity contribution in [1.29, 1.82) is 0 Å². The minimum absolute atomic E-state index is 0.0162. The van der Waals surface area contributed by atoms with E-state index in [0.29, 0.717) is 36.3 Å². The van der Waals surface area contributed by atoms with Gasteiger partial charge in [-0.3, -0.25) is 4.79 Å². The van der Waals surface area contributed by atoms with Crippen LogP contribution in [-0.2, 0) is 0 Å². The zero-order valence-electron chi connectivity index (χ0n) is 15.0. The maximum atomic E-state index is 13.6. The number of ether oxygens (including phenoxy) is 1. The van der Waals surface area contributed by atoms with Gasteiger partial charge in [0.1, 0.15) is 11.6 Å². The molecule has 0 spiro atoms. The predicted octanol–water partition coefficient (Wildman–Crippen LogP) is 4.20. The summed E-state index contributed by atoms with van der Waals surface area (Å²) in [6.45, 7) is 1.99. The van der Waals surface area contributed by atoms with Gasteiger partial charge in [-0.05, 0) is 43.2 Å². The molecule has 4 nitrogen and oxygen atoms in total. The van der Waals surface area contributed by atoms with Crippen molar-refractivity contribution >= 4 is 17.5 Å². The van der Waals surface area contributed by atoms with E-state index in [1.54, 1.807) is 24.3 Å². The maximum absolute atomic E-state index is 13.6. The summed E-state index contributed by atoms with van der Waals surface area (Å²) in [4.78, 5) is 14.5. The number of rotatable bonds is 3. The second-order valence-corrected chi connectivity index (χ2v) is 7.49. The zero-order valence-corrected chi connectivity index (χ0v) is 15.7. The molecule has 1 saturated heterocycles. The molecule has 2 aromatic rings. The van der Waals surface area contributed by atoms with E-state index in [4.69, 9.17) is 16.3 Å². The third kappa shape index (κ3) is 3.94. The van der Waals surface area contributed by atoms with Gasteiger partial charge < -0.3 is 15.0 Å². The molecule has 0 radical (unpaired) electrons. The first-order valence-corrected chi connectivity index (χ1v) is 9.72. The number of nitrogens with zero attached hydrogens (tertiary/aromatic N) is 1. The number of likely N-dealkylation sites (tertiary alicyclic amines) is 1. The molecule has 2 heterocycles. The monoisotopic (exact) mass is 388 g/mol. The van der Waals surface area contributed by atoms with Crippen molar-refractivity contribution < 1.29 is 13.9 Å². The number of halogens is 2. The third-order valence-electron chi connectivity index (χ3n) is 5.33. The largest absolute Gasteiger partial charge is 0.493 e. The smallest absolute Gasteiger partial charge is 0.255 e. The highest BCUT2D eigenvalue weighted by atomic mass is 35.5. The van der Waals surface area contributed by atoms with E-state index >= 15 is 0 Å². The van der Waals surface area contributed by atoms with Crippen molar-refractivity contribution in [3.63, 3.8) is 0 Å². The van der Waals surface area contributed by atoms with Crippen LogP contribution < -0.4 is 10.1 Å². The molecule has 0 bridgehead atoms. The predicted molar refractivity (Wildman–Crippen MR) is 103 cm³/mol. The first kappa shape index (κ1) is 18.3. The number of nitrogens with one attached hydrogen (secondary N) is 1. The van der Waals surface area contributed by atoms with Crippen LogP contribution in [0.1, 0.15) is 41.2 Å². The lowest BCUT2D eigenvalue weighted by Gasteiger charge is -2.36. The summed E-state index contributed by atoms with van der Waals surface area (Å²) in [6.07, 6.45) is 2.53. The van der Waals surface area contributed by atoms with Gasteiger partial charge in [0.05, 0.1) is 17.2 Å². The summed E-state index contributed by atoms with van der Waals surface area (Å²) >= 11 is 6.15. The summed E-state index contributed by atoms with van der Waals surface area (Å²) in [7, 11) is 0. The SMILES string of the molecule is O=C(c1ccccc1Cl)N1CCC(NC2CCOc3ccc(F)cc32)CC1. The number of fused-ring (bicyclic) bond motifs is 1. The molecule has 2 aromatic carbocycles. The molecule has 1 atom stereocenters. The molecular weight excluding hydrogens is 367 g/mol. The molecule has 6 heteroatoms. The van der Waals surface area contributed by atoms with Crippen molar-refractivity contribution in [2.45, 2.75) is 31.3 Å². The summed E-state index contributed by atoms with van der Waals surface area (Å²) in [5.74, 6) is 0.496. The molecular formula is C21H22ClFN2O2. The lowest BCUT2D eigenvalue weighted by Crippen LogP contribution is -2.46. The van der Waals surface area contributed by atoms with Crippen molar-refractivity contribution in [3.05, 3.63) is 64.4 Å². The fraction of sp³-hybridized carbons (Fsp3) is 0.381. The third-order valence-corrected chi connectivity index (χ3v) is 5.66. The molecule has 1 fully saturated rings. The van der Waals surface area contributed by atoms with E-state index in [1.165, 1.54) is 6.07 Å². The molecule has 1 unspecified atom stereocenters. The average molecular weight is 389 g/mol. The number of hydrogen-bond donors (Lipinski definition) is 1. The quantitative estimate of drug-likeness (QED) is 0.856. The van der Waals surface area contributed by atoms with E-state index in [0.717, 1.165) is 30.6 Å². The number of carbonyl (C=O) groups excluding carboxylic acids is 1. The van der Waals surface area contributed by atoms with Gasteiger partial charge in [0.25, 0.3) is 5.91 Å². The van der Waals surface area contributed by atoms with E-state index in [1.807, 2.05) is 17.0 Å². The van der Waals surface area contributed by atoms with Gasteiger partial charge in [-0.2, -0.15) is 0 Å². The van der Waals surface area contributed by atoms with Crippen LogP contribution in [0.5, 0.6) is 5.75 Å². The molecule has 1 N–H and O–H groups in total. The number of piperidine rings is 1. The molecule has 0 aromatic heterocycles. The van der Waals surface area contributed by atoms with Crippen molar-refractivity contribution in [1.82, 2.24) is 10.2 Å². The lowest BCUT2D eigenvalue weighted by atomic mass is 9.96. The number of benzene rings is 2. The fourth-order valence-electron chi connectivity index (χ4n) is 3.88. The Morgan fingerprint density at radius 3 is 2.70 bits per heavy atom. The Bertz CT molecular complexity index is 837. The summed E-state index contributed by atoms with van der Waals surface area (Å²) < 4.78 is 19.3. The Labute approximate surface area is 163 Å². The Hall–Kier alpha value is -2.11. The van der Waals surface area contributed by atoms with Crippen molar-refractivity contribution in [2.75, 3.05) is 19.7 Å².